The van der Waals surface area contributed by atoms with Crippen LogP contribution in [0, 0.1) is 0 Å². The van der Waals surface area contributed by atoms with Crippen molar-refractivity contribution in [1.29, 1.82) is 0 Å². The van der Waals surface area contributed by atoms with Crippen LogP contribution in [0.25, 0.3) is 5.57 Å². The third-order valence-electron chi connectivity index (χ3n) is 2.42. The van der Waals surface area contributed by atoms with Crippen molar-refractivity contribution in [2.24, 2.45) is 0 Å². The highest BCUT2D eigenvalue weighted by molar-refractivity contribution is 6.27. The molecule has 0 aromatic heterocycles. The lowest BCUT2D eigenvalue weighted by atomic mass is 10.0. The summed E-state index contributed by atoms with van der Waals surface area (Å²) in [5.74, 6) is 0.109. The molecule has 0 N–H and O–H groups in total. The maximum atomic E-state index is 11.7. The van der Waals surface area contributed by atoms with E-state index >= 15 is 0 Å². The monoisotopic (exact) mass is 184 g/mol. The minimum atomic E-state index is 0.109. The molecule has 0 spiro atoms. The first-order valence-corrected chi connectivity index (χ1v) is 4.78. The molecule has 0 heterocycles. The van der Waals surface area contributed by atoms with Crippen LogP contribution in [0.1, 0.15) is 18.1 Å². The summed E-state index contributed by atoms with van der Waals surface area (Å²) < 4.78 is 0. The minimum Gasteiger partial charge on any atom is -0.289 e. The molecule has 0 atom stereocenters. The third-order valence-corrected chi connectivity index (χ3v) is 2.42. The fraction of sp³-hybridized carbons (Fsp3) is 0.154. The van der Waals surface area contributed by atoms with Gasteiger partial charge in [-0.25, -0.2) is 0 Å². The molecule has 0 radical (unpaired) electrons. The lowest BCUT2D eigenvalue weighted by molar-refractivity contribution is -0.109. The number of allylic oxidation sites excluding steroid dienone is 4. The summed E-state index contributed by atoms with van der Waals surface area (Å²) in [4.78, 5) is 11.7. The fourth-order valence-corrected chi connectivity index (χ4v) is 1.76. The Kier molecular flexibility index (Phi) is 2.32. The van der Waals surface area contributed by atoms with Gasteiger partial charge in [0.25, 0.3) is 0 Å². The standard InChI is InChI=1S/C13H12O/c1-2-5-13(14)12-9-8-10-6-3-4-7-11(10)12/h2-7,9H,8H2,1H3/b5-2+. The molecule has 0 amide bonds. The van der Waals surface area contributed by atoms with Gasteiger partial charge < -0.3 is 0 Å². The Hall–Kier alpha value is -1.63. The quantitative estimate of drug-likeness (QED) is 0.646. The minimum absolute atomic E-state index is 0.109. The predicted octanol–water partition coefficient (Wildman–Crippen LogP) is 2.77. The second kappa shape index (κ2) is 3.62. The molecule has 0 saturated heterocycles. The smallest absolute Gasteiger partial charge is 0.185 e. The topological polar surface area (TPSA) is 17.1 Å². The molecule has 1 aliphatic rings. The maximum Gasteiger partial charge on any atom is 0.185 e. The van der Waals surface area contributed by atoms with Crippen molar-refractivity contribution in [3.8, 4) is 0 Å². The van der Waals surface area contributed by atoms with Crippen molar-refractivity contribution >= 4 is 11.4 Å². The highest BCUT2D eigenvalue weighted by Crippen LogP contribution is 2.27. The zero-order valence-electron chi connectivity index (χ0n) is 8.16. The SMILES string of the molecule is C/C=C/C(=O)C1=CCc2ccccc21. The molecule has 1 aliphatic carbocycles. The van der Waals surface area contributed by atoms with E-state index in [-0.39, 0.29) is 5.78 Å². The van der Waals surface area contributed by atoms with Crippen LogP contribution in [0.4, 0.5) is 0 Å². The first kappa shape index (κ1) is 8.95. The van der Waals surface area contributed by atoms with Gasteiger partial charge in [0.05, 0.1) is 0 Å². The number of hydrogen-bond acceptors (Lipinski definition) is 1. The summed E-state index contributed by atoms with van der Waals surface area (Å²) >= 11 is 0. The summed E-state index contributed by atoms with van der Waals surface area (Å²) in [6.45, 7) is 1.86. The molecular formula is C13H12O. The molecule has 1 heteroatoms. The second-order valence-electron chi connectivity index (χ2n) is 3.34. The number of ketones is 1. The lowest BCUT2D eigenvalue weighted by Gasteiger charge is -2.00. The Balaban J connectivity index is 2.38. The molecule has 2 rings (SSSR count). The summed E-state index contributed by atoms with van der Waals surface area (Å²) in [6, 6.07) is 8.06. The largest absolute Gasteiger partial charge is 0.289 e. The van der Waals surface area contributed by atoms with E-state index in [1.807, 2.05) is 31.2 Å². The zero-order valence-corrected chi connectivity index (χ0v) is 8.16. The normalized spacial score (nSPS) is 14.2. The number of fused-ring (bicyclic) bond motifs is 1. The molecule has 1 nitrogen and oxygen atoms in total. The number of carbonyl (C=O) groups is 1. The van der Waals surface area contributed by atoms with Crippen LogP contribution in [0.3, 0.4) is 0 Å². The van der Waals surface area contributed by atoms with Crippen molar-refractivity contribution in [2.45, 2.75) is 13.3 Å². The molecule has 1 aromatic rings. The van der Waals surface area contributed by atoms with E-state index in [0.29, 0.717) is 0 Å². The van der Waals surface area contributed by atoms with Gasteiger partial charge in [0.2, 0.25) is 0 Å². The van der Waals surface area contributed by atoms with Crippen LogP contribution in [-0.2, 0) is 11.2 Å². The summed E-state index contributed by atoms with van der Waals surface area (Å²) in [5.41, 5.74) is 3.19. The number of benzene rings is 1. The van der Waals surface area contributed by atoms with Gasteiger partial charge in [-0.05, 0) is 30.5 Å². The van der Waals surface area contributed by atoms with Gasteiger partial charge in [0.15, 0.2) is 5.78 Å². The molecule has 0 unspecified atom stereocenters. The average Bonchev–Trinajstić information content (AvgIpc) is 2.61. The van der Waals surface area contributed by atoms with E-state index < -0.39 is 0 Å². The van der Waals surface area contributed by atoms with Crippen molar-refractivity contribution in [1.82, 2.24) is 0 Å². The van der Waals surface area contributed by atoms with E-state index in [1.165, 1.54) is 5.56 Å². The molecular weight excluding hydrogens is 172 g/mol. The Labute approximate surface area is 83.8 Å². The third kappa shape index (κ3) is 1.41. The fourth-order valence-electron chi connectivity index (χ4n) is 1.76. The van der Waals surface area contributed by atoms with Gasteiger partial charge in [0.1, 0.15) is 0 Å². The first-order valence-electron chi connectivity index (χ1n) is 4.78. The van der Waals surface area contributed by atoms with Crippen LogP contribution in [0.5, 0.6) is 0 Å². The van der Waals surface area contributed by atoms with Gasteiger partial charge in [-0.2, -0.15) is 0 Å². The van der Waals surface area contributed by atoms with Crippen molar-refractivity contribution < 1.29 is 4.79 Å². The molecule has 0 aliphatic heterocycles. The first-order chi connectivity index (χ1) is 6.83. The van der Waals surface area contributed by atoms with Crippen molar-refractivity contribution in [2.75, 3.05) is 0 Å². The van der Waals surface area contributed by atoms with E-state index in [1.54, 1.807) is 12.2 Å². The molecule has 14 heavy (non-hydrogen) atoms. The molecule has 70 valence electrons. The molecule has 0 fully saturated rings. The van der Waals surface area contributed by atoms with E-state index in [0.717, 1.165) is 17.6 Å². The highest BCUT2D eigenvalue weighted by atomic mass is 16.1. The van der Waals surface area contributed by atoms with Crippen LogP contribution >= 0.6 is 0 Å². The van der Waals surface area contributed by atoms with Gasteiger partial charge in [-0.1, -0.05) is 36.4 Å². The van der Waals surface area contributed by atoms with E-state index in [2.05, 4.69) is 6.07 Å². The second-order valence-corrected chi connectivity index (χ2v) is 3.34. The number of hydrogen-bond donors (Lipinski definition) is 0. The van der Waals surface area contributed by atoms with Crippen LogP contribution in [0.15, 0.2) is 42.5 Å². The molecule has 1 aromatic carbocycles. The molecule has 0 bridgehead atoms. The van der Waals surface area contributed by atoms with E-state index in [9.17, 15) is 4.79 Å². The lowest BCUT2D eigenvalue weighted by Crippen LogP contribution is -1.95. The van der Waals surface area contributed by atoms with Gasteiger partial charge in [-0.15, -0.1) is 0 Å². The highest BCUT2D eigenvalue weighted by Gasteiger charge is 2.16. The van der Waals surface area contributed by atoms with Crippen LogP contribution in [-0.4, -0.2) is 5.78 Å². The Morgan fingerprint density at radius 3 is 2.93 bits per heavy atom. The Morgan fingerprint density at radius 1 is 1.36 bits per heavy atom. The number of carbonyl (C=O) groups excluding carboxylic acids is 1. The zero-order chi connectivity index (χ0) is 9.97. The Bertz CT molecular complexity index is 425. The summed E-state index contributed by atoms with van der Waals surface area (Å²) in [5, 5.41) is 0. The molecule has 0 saturated carbocycles. The predicted molar refractivity (Wildman–Crippen MR) is 57.9 cm³/mol. The summed E-state index contributed by atoms with van der Waals surface area (Å²) in [6.07, 6.45) is 6.29. The maximum absolute atomic E-state index is 11.7. The number of rotatable bonds is 2. The van der Waals surface area contributed by atoms with Gasteiger partial charge >= 0.3 is 0 Å². The van der Waals surface area contributed by atoms with E-state index in [4.69, 9.17) is 0 Å². The van der Waals surface area contributed by atoms with Gasteiger partial charge in [0, 0.05) is 5.57 Å². The summed E-state index contributed by atoms with van der Waals surface area (Å²) in [7, 11) is 0. The van der Waals surface area contributed by atoms with Crippen molar-refractivity contribution in [3.05, 3.63) is 53.6 Å². The van der Waals surface area contributed by atoms with Crippen molar-refractivity contribution in [3.63, 3.8) is 0 Å². The van der Waals surface area contributed by atoms with Crippen LogP contribution in [0.2, 0.25) is 0 Å². The Morgan fingerprint density at radius 2 is 2.14 bits per heavy atom. The average molecular weight is 184 g/mol. The van der Waals surface area contributed by atoms with Crippen LogP contribution < -0.4 is 0 Å². The van der Waals surface area contributed by atoms with Gasteiger partial charge in [-0.3, -0.25) is 4.79 Å².